The number of hydrogen-bond acceptors (Lipinski definition) is 4. The predicted octanol–water partition coefficient (Wildman–Crippen LogP) is 4.62. The van der Waals surface area contributed by atoms with Gasteiger partial charge in [-0.15, -0.1) is 0 Å². The van der Waals surface area contributed by atoms with Gasteiger partial charge in [-0.2, -0.15) is 0 Å². The van der Waals surface area contributed by atoms with E-state index in [1.54, 1.807) is 30.3 Å². The lowest BCUT2D eigenvalue weighted by atomic mass is 9.63. The lowest BCUT2D eigenvalue weighted by Gasteiger charge is -2.37. The highest BCUT2D eigenvalue weighted by Gasteiger charge is 2.67. The van der Waals surface area contributed by atoms with Gasteiger partial charge in [0.2, 0.25) is 11.8 Å². The maximum absolute atomic E-state index is 13.4. The van der Waals surface area contributed by atoms with E-state index < -0.39 is 5.97 Å². The molecule has 33 heavy (non-hydrogen) atoms. The highest BCUT2D eigenvalue weighted by Crippen LogP contribution is 2.65. The number of benzene rings is 3. The maximum atomic E-state index is 13.4. The number of allylic oxidation sites excluding steroid dienone is 2. The summed E-state index contributed by atoms with van der Waals surface area (Å²) in [4.78, 5) is 41.0. The van der Waals surface area contributed by atoms with Crippen molar-refractivity contribution in [3.63, 3.8) is 0 Å². The van der Waals surface area contributed by atoms with E-state index in [1.165, 1.54) is 4.90 Å². The molecule has 2 bridgehead atoms. The first-order chi connectivity index (χ1) is 16.1. The van der Waals surface area contributed by atoms with Crippen molar-refractivity contribution in [2.75, 3.05) is 4.90 Å². The summed E-state index contributed by atoms with van der Waals surface area (Å²) in [6, 6.07) is 19.9. The van der Waals surface area contributed by atoms with Crippen LogP contribution in [0.3, 0.4) is 0 Å². The monoisotopic (exact) mass is 435 g/mol. The number of ether oxygens (including phenoxy) is 1. The Morgan fingerprint density at radius 2 is 1.48 bits per heavy atom. The molecule has 5 aliphatic rings. The summed E-state index contributed by atoms with van der Waals surface area (Å²) in [5.41, 5.74) is 0.750. The first-order valence-electron chi connectivity index (χ1n) is 11.5. The zero-order valence-electron chi connectivity index (χ0n) is 17.8. The molecule has 6 atom stereocenters. The molecule has 0 aromatic heterocycles. The summed E-state index contributed by atoms with van der Waals surface area (Å²) in [6.07, 6.45) is 5.45. The van der Waals surface area contributed by atoms with Crippen molar-refractivity contribution in [1.29, 1.82) is 0 Å². The number of carbonyl (C=O) groups excluding carboxylic acids is 3. The van der Waals surface area contributed by atoms with Crippen molar-refractivity contribution < 1.29 is 19.1 Å². The number of nitrogens with zero attached hydrogens (tertiary/aromatic N) is 1. The van der Waals surface area contributed by atoms with Crippen LogP contribution in [0.1, 0.15) is 16.8 Å². The molecule has 4 aliphatic carbocycles. The van der Waals surface area contributed by atoms with Gasteiger partial charge in [0.25, 0.3) is 0 Å². The molecule has 0 spiro atoms. The highest BCUT2D eigenvalue weighted by atomic mass is 16.5. The molecular formula is C28H21NO4. The van der Waals surface area contributed by atoms with E-state index in [9.17, 15) is 14.4 Å². The topological polar surface area (TPSA) is 63.7 Å². The van der Waals surface area contributed by atoms with Crippen LogP contribution in [0.15, 0.2) is 78.9 Å². The molecule has 0 N–H and O–H groups in total. The van der Waals surface area contributed by atoms with E-state index >= 15 is 0 Å². The van der Waals surface area contributed by atoms with Gasteiger partial charge >= 0.3 is 5.97 Å². The fourth-order valence-electron chi connectivity index (χ4n) is 6.43. The normalized spacial score (nSPS) is 31.0. The molecule has 1 saturated heterocycles. The largest absolute Gasteiger partial charge is 0.422 e. The second-order valence-corrected chi connectivity index (χ2v) is 9.58. The van der Waals surface area contributed by atoms with Gasteiger partial charge in [0.1, 0.15) is 5.75 Å². The predicted molar refractivity (Wildman–Crippen MR) is 123 cm³/mol. The molecule has 3 aromatic rings. The van der Waals surface area contributed by atoms with E-state index in [-0.39, 0.29) is 35.5 Å². The van der Waals surface area contributed by atoms with Gasteiger partial charge in [0, 0.05) is 5.39 Å². The SMILES string of the molecule is O=C(Oc1cccc2ccccc12)c1cccc(N2C(=O)[C@@H]3[C@H]4C=C[C@@H]([C@@H]5C[C@@H]45)[C@H]3C2=O)c1. The maximum Gasteiger partial charge on any atom is 0.343 e. The van der Waals surface area contributed by atoms with Gasteiger partial charge in [-0.05, 0) is 59.7 Å². The number of carbonyl (C=O) groups is 3. The first-order valence-corrected chi connectivity index (χ1v) is 11.5. The number of hydrogen-bond donors (Lipinski definition) is 0. The Morgan fingerprint density at radius 3 is 2.24 bits per heavy atom. The Bertz CT molecular complexity index is 1350. The lowest BCUT2D eigenvalue weighted by molar-refractivity contribution is -0.124. The summed E-state index contributed by atoms with van der Waals surface area (Å²) in [6.45, 7) is 0. The van der Waals surface area contributed by atoms with Crippen molar-refractivity contribution >= 4 is 34.2 Å². The van der Waals surface area contributed by atoms with E-state index in [0.29, 0.717) is 28.8 Å². The number of amides is 2. The molecule has 0 radical (unpaired) electrons. The minimum Gasteiger partial charge on any atom is -0.422 e. The molecule has 5 heteroatoms. The minimum atomic E-state index is -0.521. The van der Waals surface area contributed by atoms with Gasteiger partial charge < -0.3 is 4.74 Å². The quantitative estimate of drug-likeness (QED) is 0.261. The van der Waals surface area contributed by atoms with Crippen molar-refractivity contribution in [2.45, 2.75) is 6.42 Å². The zero-order valence-corrected chi connectivity index (χ0v) is 17.8. The lowest BCUT2D eigenvalue weighted by Crippen LogP contribution is -2.40. The Balaban J connectivity index is 1.19. The molecule has 3 aromatic carbocycles. The van der Waals surface area contributed by atoms with E-state index in [2.05, 4.69) is 12.2 Å². The Hall–Kier alpha value is -3.73. The molecule has 3 fully saturated rings. The van der Waals surface area contributed by atoms with Crippen molar-refractivity contribution in [3.8, 4) is 5.75 Å². The summed E-state index contributed by atoms with van der Waals surface area (Å²) in [5, 5.41) is 1.83. The van der Waals surface area contributed by atoms with Crippen molar-refractivity contribution in [2.24, 2.45) is 35.5 Å². The number of anilines is 1. The minimum absolute atomic E-state index is 0.130. The third-order valence-electron chi connectivity index (χ3n) is 7.96. The molecule has 162 valence electrons. The standard InChI is InChI=1S/C28H21NO4/c30-26-24-19-11-12-20(22-14-21(19)22)25(24)27(31)29(26)17-8-3-7-16(13-17)28(32)33-23-10-4-6-15-5-1-2-9-18(15)23/h1-13,19-22,24-25H,14H2/t19-,20-,21-,22-,24+,25+/m0/s1. The Morgan fingerprint density at radius 1 is 0.818 bits per heavy atom. The summed E-state index contributed by atoms with van der Waals surface area (Å²) in [5.74, 6) is 0.628. The van der Waals surface area contributed by atoms with Crippen LogP contribution in [0.25, 0.3) is 10.8 Å². The Kier molecular flexibility index (Phi) is 3.78. The second kappa shape index (κ2) is 6.64. The average Bonchev–Trinajstić information content (AvgIpc) is 3.62. The molecule has 2 amide bonds. The van der Waals surface area contributed by atoms with Gasteiger partial charge in [-0.25, -0.2) is 9.69 Å². The van der Waals surface area contributed by atoms with Crippen LogP contribution in [-0.2, 0) is 9.59 Å². The van der Waals surface area contributed by atoms with E-state index in [0.717, 1.165) is 17.2 Å². The summed E-state index contributed by atoms with van der Waals surface area (Å²) in [7, 11) is 0. The number of esters is 1. The summed E-state index contributed by atoms with van der Waals surface area (Å²) < 4.78 is 5.71. The van der Waals surface area contributed by atoms with Crippen LogP contribution in [-0.4, -0.2) is 17.8 Å². The van der Waals surface area contributed by atoms with E-state index in [4.69, 9.17) is 4.74 Å². The summed E-state index contributed by atoms with van der Waals surface area (Å²) >= 11 is 0. The fraction of sp³-hybridized carbons (Fsp3) is 0.250. The van der Waals surface area contributed by atoms with Gasteiger partial charge in [-0.1, -0.05) is 54.6 Å². The first kappa shape index (κ1) is 18.8. The zero-order chi connectivity index (χ0) is 22.3. The molecular weight excluding hydrogens is 414 g/mol. The third kappa shape index (κ3) is 2.62. The van der Waals surface area contributed by atoms with Crippen molar-refractivity contribution in [1.82, 2.24) is 0 Å². The second-order valence-electron chi connectivity index (χ2n) is 9.58. The highest BCUT2D eigenvalue weighted by molar-refractivity contribution is 6.23. The average molecular weight is 435 g/mol. The third-order valence-corrected chi connectivity index (χ3v) is 7.96. The molecule has 8 rings (SSSR count). The molecule has 2 saturated carbocycles. The van der Waals surface area contributed by atoms with Gasteiger partial charge in [0.15, 0.2) is 0 Å². The van der Waals surface area contributed by atoms with Crippen LogP contribution in [0.5, 0.6) is 5.75 Å². The molecule has 0 unspecified atom stereocenters. The molecule has 1 aliphatic heterocycles. The van der Waals surface area contributed by atoms with Crippen LogP contribution < -0.4 is 9.64 Å². The fourth-order valence-corrected chi connectivity index (χ4v) is 6.43. The van der Waals surface area contributed by atoms with Crippen LogP contribution in [0, 0.1) is 35.5 Å². The van der Waals surface area contributed by atoms with Gasteiger partial charge in [-0.3, -0.25) is 9.59 Å². The van der Waals surface area contributed by atoms with Crippen molar-refractivity contribution in [3.05, 3.63) is 84.4 Å². The van der Waals surface area contributed by atoms with Gasteiger partial charge in [0.05, 0.1) is 23.1 Å². The number of rotatable bonds is 3. The molecule has 5 nitrogen and oxygen atoms in total. The number of fused-ring (bicyclic) bond motifs is 1. The number of imide groups is 1. The molecule has 1 heterocycles. The van der Waals surface area contributed by atoms with Crippen LogP contribution >= 0.6 is 0 Å². The Labute approximate surface area is 190 Å². The van der Waals surface area contributed by atoms with Crippen LogP contribution in [0.2, 0.25) is 0 Å². The smallest absolute Gasteiger partial charge is 0.343 e. The van der Waals surface area contributed by atoms with Crippen LogP contribution in [0.4, 0.5) is 5.69 Å². The van der Waals surface area contributed by atoms with E-state index in [1.807, 2.05) is 36.4 Å².